The summed E-state index contributed by atoms with van der Waals surface area (Å²) in [7, 11) is 3.56. The SMILES string of the molecule is CCc1nn(C)c(OC)c1CNc1nc2ccccc2nc1C. The minimum absolute atomic E-state index is 0.605. The zero-order valence-corrected chi connectivity index (χ0v) is 13.9. The zero-order chi connectivity index (χ0) is 16.4. The van der Waals surface area contributed by atoms with Gasteiger partial charge in [0.05, 0.1) is 35.1 Å². The minimum Gasteiger partial charge on any atom is -0.481 e. The van der Waals surface area contributed by atoms with Gasteiger partial charge in [0.2, 0.25) is 5.88 Å². The van der Waals surface area contributed by atoms with E-state index in [1.54, 1.807) is 11.8 Å². The Bertz CT molecular complexity index is 840. The number of hydrogen-bond donors (Lipinski definition) is 1. The lowest BCUT2D eigenvalue weighted by Gasteiger charge is -2.10. The highest BCUT2D eigenvalue weighted by Gasteiger charge is 2.16. The number of aromatic nitrogens is 4. The number of fused-ring (bicyclic) bond motifs is 1. The third-order valence-corrected chi connectivity index (χ3v) is 3.88. The molecule has 1 aromatic carbocycles. The largest absolute Gasteiger partial charge is 0.481 e. The molecule has 6 nitrogen and oxygen atoms in total. The van der Waals surface area contributed by atoms with Gasteiger partial charge >= 0.3 is 0 Å². The fourth-order valence-electron chi connectivity index (χ4n) is 2.75. The van der Waals surface area contributed by atoms with Crippen LogP contribution in [0.25, 0.3) is 11.0 Å². The monoisotopic (exact) mass is 311 g/mol. The summed E-state index contributed by atoms with van der Waals surface area (Å²) in [5.41, 5.74) is 4.76. The van der Waals surface area contributed by atoms with Gasteiger partial charge in [-0.25, -0.2) is 14.6 Å². The fraction of sp³-hybridized carbons (Fsp3) is 0.353. The summed E-state index contributed by atoms with van der Waals surface area (Å²) in [4.78, 5) is 9.27. The maximum atomic E-state index is 5.47. The van der Waals surface area contributed by atoms with Crippen molar-refractivity contribution in [1.82, 2.24) is 19.7 Å². The van der Waals surface area contributed by atoms with Crippen molar-refractivity contribution < 1.29 is 4.74 Å². The number of nitrogens with zero attached hydrogens (tertiary/aromatic N) is 4. The van der Waals surface area contributed by atoms with Crippen molar-refractivity contribution in [2.24, 2.45) is 7.05 Å². The first-order valence-electron chi connectivity index (χ1n) is 7.70. The molecule has 0 bridgehead atoms. The Morgan fingerprint density at radius 1 is 1.17 bits per heavy atom. The lowest BCUT2D eigenvalue weighted by Crippen LogP contribution is -2.07. The Hall–Kier alpha value is -2.63. The Morgan fingerprint density at radius 2 is 1.87 bits per heavy atom. The minimum atomic E-state index is 0.605. The van der Waals surface area contributed by atoms with E-state index in [-0.39, 0.29) is 0 Å². The van der Waals surface area contributed by atoms with E-state index in [4.69, 9.17) is 4.74 Å². The molecule has 6 heteroatoms. The van der Waals surface area contributed by atoms with Gasteiger partial charge in [0, 0.05) is 13.6 Å². The van der Waals surface area contributed by atoms with Gasteiger partial charge in [0.15, 0.2) is 0 Å². The summed E-state index contributed by atoms with van der Waals surface area (Å²) < 4.78 is 7.24. The third kappa shape index (κ3) is 2.84. The van der Waals surface area contributed by atoms with Gasteiger partial charge in [-0.05, 0) is 25.5 Å². The molecule has 23 heavy (non-hydrogen) atoms. The van der Waals surface area contributed by atoms with E-state index in [9.17, 15) is 0 Å². The van der Waals surface area contributed by atoms with Crippen molar-refractivity contribution in [3.63, 3.8) is 0 Å². The van der Waals surface area contributed by atoms with Crippen LogP contribution in [0.1, 0.15) is 23.9 Å². The van der Waals surface area contributed by atoms with E-state index in [2.05, 4.69) is 27.3 Å². The molecule has 0 fully saturated rings. The molecular formula is C17H21N5O. The highest BCUT2D eigenvalue weighted by molar-refractivity contribution is 5.76. The summed E-state index contributed by atoms with van der Waals surface area (Å²) in [5, 5.41) is 7.88. The van der Waals surface area contributed by atoms with Crippen LogP contribution in [0, 0.1) is 6.92 Å². The highest BCUT2D eigenvalue weighted by atomic mass is 16.5. The lowest BCUT2D eigenvalue weighted by atomic mass is 10.2. The number of ether oxygens (including phenoxy) is 1. The van der Waals surface area contributed by atoms with Crippen molar-refractivity contribution in [3.05, 3.63) is 41.2 Å². The topological polar surface area (TPSA) is 64.9 Å². The van der Waals surface area contributed by atoms with Crippen molar-refractivity contribution >= 4 is 16.9 Å². The van der Waals surface area contributed by atoms with Gasteiger partial charge in [0.25, 0.3) is 0 Å². The first kappa shape index (κ1) is 15.3. The maximum absolute atomic E-state index is 5.47. The molecule has 0 unspecified atom stereocenters. The molecule has 0 atom stereocenters. The number of methoxy groups -OCH3 is 1. The number of aryl methyl sites for hydroxylation is 3. The number of benzene rings is 1. The number of anilines is 1. The van der Waals surface area contributed by atoms with Crippen LogP contribution in [0.2, 0.25) is 0 Å². The van der Waals surface area contributed by atoms with Crippen molar-refractivity contribution in [2.75, 3.05) is 12.4 Å². The van der Waals surface area contributed by atoms with E-state index in [1.807, 2.05) is 38.2 Å². The molecule has 0 aliphatic heterocycles. The number of nitrogens with one attached hydrogen (secondary N) is 1. The average molecular weight is 311 g/mol. The van der Waals surface area contributed by atoms with Gasteiger partial charge in [-0.1, -0.05) is 19.1 Å². The molecule has 3 rings (SSSR count). The van der Waals surface area contributed by atoms with Crippen molar-refractivity contribution in [3.8, 4) is 5.88 Å². The molecule has 120 valence electrons. The Morgan fingerprint density at radius 3 is 2.52 bits per heavy atom. The van der Waals surface area contributed by atoms with E-state index in [0.717, 1.165) is 46.1 Å². The molecule has 0 radical (unpaired) electrons. The molecule has 0 aliphatic rings. The Balaban J connectivity index is 1.90. The van der Waals surface area contributed by atoms with E-state index < -0.39 is 0 Å². The van der Waals surface area contributed by atoms with Gasteiger partial charge in [-0.3, -0.25) is 0 Å². The van der Waals surface area contributed by atoms with Crippen LogP contribution < -0.4 is 10.1 Å². The lowest BCUT2D eigenvalue weighted by molar-refractivity contribution is 0.369. The number of para-hydroxylation sites is 2. The molecule has 2 heterocycles. The van der Waals surface area contributed by atoms with Crippen molar-refractivity contribution in [1.29, 1.82) is 0 Å². The molecule has 0 saturated heterocycles. The van der Waals surface area contributed by atoms with Crippen LogP contribution in [0.3, 0.4) is 0 Å². The predicted octanol–water partition coefficient (Wildman–Crippen LogP) is 2.85. The Kier molecular flexibility index (Phi) is 4.14. The molecule has 1 N–H and O–H groups in total. The molecule has 0 amide bonds. The first-order chi connectivity index (χ1) is 11.1. The van der Waals surface area contributed by atoms with Crippen LogP contribution in [0.4, 0.5) is 5.82 Å². The summed E-state index contributed by atoms with van der Waals surface area (Å²) in [6.45, 7) is 4.66. The zero-order valence-electron chi connectivity index (χ0n) is 13.9. The second kappa shape index (κ2) is 6.24. The summed E-state index contributed by atoms with van der Waals surface area (Å²) >= 11 is 0. The van der Waals surface area contributed by atoms with Crippen LogP contribution in [0.5, 0.6) is 5.88 Å². The second-order valence-electron chi connectivity index (χ2n) is 5.41. The van der Waals surface area contributed by atoms with Crippen LogP contribution >= 0.6 is 0 Å². The number of hydrogen-bond acceptors (Lipinski definition) is 5. The molecule has 3 aromatic rings. The Labute approximate surface area is 135 Å². The van der Waals surface area contributed by atoms with Crippen LogP contribution in [-0.4, -0.2) is 26.9 Å². The third-order valence-electron chi connectivity index (χ3n) is 3.88. The van der Waals surface area contributed by atoms with Gasteiger partial charge in [-0.15, -0.1) is 0 Å². The summed E-state index contributed by atoms with van der Waals surface area (Å²) in [6, 6.07) is 7.88. The fourth-order valence-corrected chi connectivity index (χ4v) is 2.75. The van der Waals surface area contributed by atoms with E-state index >= 15 is 0 Å². The molecule has 0 aliphatic carbocycles. The van der Waals surface area contributed by atoms with Gasteiger partial charge in [-0.2, -0.15) is 5.10 Å². The predicted molar refractivity (Wildman–Crippen MR) is 90.7 cm³/mol. The molecule has 2 aromatic heterocycles. The summed E-state index contributed by atoms with van der Waals surface area (Å²) in [6.07, 6.45) is 0.858. The van der Waals surface area contributed by atoms with E-state index in [0.29, 0.717) is 6.54 Å². The second-order valence-corrected chi connectivity index (χ2v) is 5.41. The normalized spacial score (nSPS) is 11.0. The van der Waals surface area contributed by atoms with Gasteiger partial charge in [0.1, 0.15) is 5.82 Å². The van der Waals surface area contributed by atoms with Crippen molar-refractivity contribution in [2.45, 2.75) is 26.8 Å². The average Bonchev–Trinajstić information content (AvgIpc) is 2.87. The van der Waals surface area contributed by atoms with Crippen LogP contribution in [0.15, 0.2) is 24.3 Å². The highest BCUT2D eigenvalue weighted by Crippen LogP contribution is 2.24. The van der Waals surface area contributed by atoms with Crippen LogP contribution in [-0.2, 0) is 20.0 Å². The first-order valence-corrected chi connectivity index (χ1v) is 7.70. The quantitative estimate of drug-likeness (QED) is 0.785. The maximum Gasteiger partial charge on any atom is 0.216 e. The van der Waals surface area contributed by atoms with Gasteiger partial charge < -0.3 is 10.1 Å². The summed E-state index contributed by atoms with van der Waals surface area (Å²) in [5.74, 6) is 1.57. The molecule has 0 saturated carbocycles. The smallest absolute Gasteiger partial charge is 0.216 e. The van der Waals surface area contributed by atoms with E-state index in [1.165, 1.54) is 0 Å². The molecule has 0 spiro atoms. The standard InChI is InChI=1S/C17H21N5O/c1-5-13-12(17(23-4)22(3)21-13)10-18-16-11(2)19-14-8-6-7-9-15(14)20-16/h6-9H,5,10H2,1-4H3,(H,18,20). The molecular weight excluding hydrogens is 290 g/mol. The number of rotatable bonds is 5.